The maximum Gasteiger partial charge on any atom is 0.269 e. The number of aromatic nitrogens is 2. The van der Waals surface area contributed by atoms with Gasteiger partial charge in [0.25, 0.3) is 5.91 Å². The maximum absolute atomic E-state index is 12.7. The smallest absolute Gasteiger partial charge is 0.269 e. The van der Waals surface area contributed by atoms with Crippen molar-refractivity contribution in [1.29, 1.82) is 0 Å². The summed E-state index contributed by atoms with van der Waals surface area (Å²) in [4.78, 5) is 35.5. The minimum atomic E-state index is -3.69. The lowest BCUT2D eigenvalue weighted by Crippen LogP contribution is -2.49. The number of sulfonamides is 1. The molecule has 172 valence electrons. The average molecular weight is 461 g/mol. The third kappa shape index (κ3) is 5.40. The van der Waals surface area contributed by atoms with Gasteiger partial charge in [0, 0.05) is 44.1 Å². The van der Waals surface area contributed by atoms with E-state index >= 15 is 0 Å². The summed E-state index contributed by atoms with van der Waals surface area (Å²) in [6.45, 7) is 5.42. The first kappa shape index (κ1) is 23.6. The van der Waals surface area contributed by atoms with E-state index in [4.69, 9.17) is 0 Å². The lowest BCUT2D eigenvalue weighted by Gasteiger charge is -2.32. The molecule has 1 aromatic heterocycles. The summed E-state index contributed by atoms with van der Waals surface area (Å²) in [5.74, 6) is -0.504. The van der Waals surface area contributed by atoms with Gasteiger partial charge in [0.2, 0.25) is 15.9 Å². The number of carbonyl (C=O) groups excluding carboxylic acids is 2. The van der Waals surface area contributed by atoms with Gasteiger partial charge in [0.05, 0.1) is 17.0 Å². The molecule has 0 aliphatic carbocycles. The van der Waals surface area contributed by atoms with Gasteiger partial charge in [-0.05, 0) is 31.0 Å². The largest absolute Gasteiger partial charge is 0.355 e. The molecule has 0 spiro atoms. The second-order valence-electron chi connectivity index (χ2n) is 7.41. The monoisotopic (exact) mass is 460 g/mol. The minimum absolute atomic E-state index is 0.0343. The van der Waals surface area contributed by atoms with Crippen LogP contribution in [0.3, 0.4) is 0 Å². The second-order valence-corrected chi connectivity index (χ2v) is 9.35. The van der Waals surface area contributed by atoms with Crippen LogP contribution in [0, 0.1) is 5.92 Å². The highest BCUT2D eigenvalue weighted by Crippen LogP contribution is 2.21. The molecule has 2 amide bonds. The van der Waals surface area contributed by atoms with Gasteiger partial charge in [-0.3, -0.25) is 25.4 Å². The summed E-state index contributed by atoms with van der Waals surface area (Å²) in [7, 11) is -3.69. The number of piperidine rings is 1. The predicted octanol–water partition coefficient (Wildman–Crippen LogP) is 1.18. The number of benzene rings is 1. The first-order valence-corrected chi connectivity index (χ1v) is 12.0. The van der Waals surface area contributed by atoms with Gasteiger partial charge in [-0.15, -0.1) is 0 Å². The first-order valence-electron chi connectivity index (χ1n) is 10.6. The Balaban J connectivity index is 1.61. The molecule has 1 fully saturated rings. The molecule has 2 aromatic rings. The Morgan fingerprint density at radius 2 is 1.97 bits per heavy atom. The van der Waals surface area contributed by atoms with E-state index in [9.17, 15) is 18.0 Å². The van der Waals surface area contributed by atoms with Gasteiger partial charge in [-0.2, -0.15) is 4.31 Å². The van der Waals surface area contributed by atoms with Crippen LogP contribution in [0.2, 0.25) is 0 Å². The van der Waals surface area contributed by atoms with Crippen LogP contribution in [0.15, 0.2) is 47.8 Å². The number of carbonyl (C=O) groups is 2. The number of nitrogens with one attached hydrogen (secondary N) is 2. The Bertz CT molecular complexity index is 1040. The third-order valence-electron chi connectivity index (χ3n) is 5.40. The van der Waals surface area contributed by atoms with E-state index in [1.54, 1.807) is 32.4 Å². The van der Waals surface area contributed by atoms with Crippen LogP contribution in [0.4, 0.5) is 5.82 Å². The van der Waals surface area contributed by atoms with E-state index in [-0.39, 0.29) is 22.3 Å². The van der Waals surface area contributed by atoms with Crippen molar-refractivity contribution in [3.8, 4) is 0 Å². The Hall–Kier alpha value is -3.05. The topological polar surface area (TPSA) is 125 Å². The van der Waals surface area contributed by atoms with Gasteiger partial charge in [0.15, 0.2) is 0 Å². The SMILES string of the molecule is CCN(CC)S(=O)(=O)c1cccc(C(=O)NNC(=O)C2CCCN(c3cnccn3)C2)c1. The quantitative estimate of drug-likeness (QED) is 0.595. The van der Waals surface area contributed by atoms with E-state index in [2.05, 4.69) is 20.8 Å². The van der Waals surface area contributed by atoms with Crippen molar-refractivity contribution in [3.05, 3.63) is 48.4 Å². The van der Waals surface area contributed by atoms with Crippen molar-refractivity contribution in [2.75, 3.05) is 31.1 Å². The van der Waals surface area contributed by atoms with Crippen LogP contribution in [-0.4, -0.2) is 60.7 Å². The normalized spacial score (nSPS) is 16.6. The molecule has 10 nitrogen and oxygen atoms in total. The Morgan fingerprint density at radius 1 is 1.19 bits per heavy atom. The Labute approximate surface area is 188 Å². The van der Waals surface area contributed by atoms with Crippen LogP contribution in [-0.2, 0) is 14.8 Å². The standard InChI is InChI=1S/C21H28N6O4S/c1-3-27(4-2)32(30,31)18-9-5-7-16(13-18)20(28)24-25-21(29)17-8-6-12-26(15-17)19-14-22-10-11-23-19/h5,7,9-11,13-14,17H,3-4,6,8,12,15H2,1-2H3,(H,24,28)(H,25,29). The molecule has 1 aliphatic rings. The Kier molecular flexibility index (Phi) is 7.75. The number of rotatable bonds is 7. The number of amides is 2. The average Bonchev–Trinajstić information content (AvgIpc) is 2.83. The van der Waals surface area contributed by atoms with E-state index in [1.165, 1.54) is 28.6 Å². The molecule has 0 bridgehead atoms. The van der Waals surface area contributed by atoms with Gasteiger partial charge in [-0.25, -0.2) is 13.4 Å². The van der Waals surface area contributed by atoms with Gasteiger partial charge >= 0.3 is 0 Å². The summed E-state index contributed by atoms with van der Waals surface area (Å²) in [6, 6.07) is 5.77. The van der Waals surface area contributed by atoms with E-state index < -0.39 is 15.9 Å². The zero-order valence-corrected chi connectivity index (χ0v) is 19.0. The lowest BCUT2D eigenvalue weighted by atomic mass is 9.97. The number of hydrogen-bond acceptors (Lipinski definition) is 7. The Morgan fingerprint density at radius 3 is 2.66 bits per heavy atom. The van der Waals surface area contributed by atoms with Crippen molar-refractivity contribution in [1.82, 2.24) is 25.1 Å². The molecule has 1 unspecified atom stereocenters. The van der Waals surface area contributed by atoms with E-state index in [1.807, 2.05) is 4.90 Å². The van der Waals surface area contributed by atoms with Gasteiger partial charge < -0.3 is 4.90 Å². The molecule has 1 aliphatic heterocycles. The van der Waals surface area contributed by atoms with Crippen LogP contribution < -0.4 is 15.8 Å². The highest BCUT2D eigenvalue weighted by atomic mass is 32.2. The first-order chi connectivity index (χ1) is 15.4. The highest BCUT2D eigenvalue weighted by Gasteiger charge is 2.27. The maximum atomic E-state index is 12.7. The van der Waals surface area contributed by atoms with Crippen LogP contribution >= 0.6 is 0 Å². The fourth-order valence-electron chi connectivity index (χ4n) is 3.66. The summed E-state index contributed by atoms with van der Waals surface area (Å²) < 4.78 is 26.7. The summed E-state index contributed by atoms with van der Waals surface area (Å²) in [6.07, 6.45) is 6.36. The van der Waals surface area contributed by atoms with Crippen LogP contribution in [0.25, 0.3) is 0 Å². The summed E-state index contributed by atoms with van der Waals surface area (Å²) in [5, 5.41) is 0. The van der Waals surface area contributed by atoms with Crippen molar-refractivity contribution in [2.45, 2.75) is 31.6 Å². The van der Waals surface area contributed by atoms with Crippen molar-refractivity contribution in [2.24, 2.45) is 5.92 Å². The zero-order chi connectivity index (χ0) is 23.1. The number of hydrogen-bond donors (Lipinski definition) is 2. The van der Waals surface area contributed by atoms with Crippen LogP contribution in [0.1, 0.15) is 37.0 Å². The molecule has 32 heavy (non-hydrogen) atoms. The second kappa shape index (κ2) is 10.5. The molecule has 2 N–H and O–H groups in total. The van der Waals surface area contributed by atoms with E-state index in [0.717, 1.165) is 13.0 Å². The molecule has 1 saturated heterocycles. The molecule has 3 rings (SSSR count). The highest BCUT2D eigenvalue weighted by molar-refractivity contribution is 7.89. The number of hydrazine groups is 1. The number of anilines is 1. The molecule has 0 radical (unpaired) electrons. The molecule has 1 aromatic carbocycles. The zero-order valence-electron chi connectivity index (χ0n) is 18.2. The number of nitrogens with zero attached hydrogens (tertiary/aromatic N) is 4. The van der Waals surface area contributed by atoms with Gasteiger partial charge in [-0.1, -0.05) is 19.9 Å². The minimum Gasteiger partial charge on any atom is -0.355 e. The fourth-order valence-corrected chi connectivity index (χ4v) is 5.16. The molecular formula is C21H28N6O4S. The van der Waals surface area contributed by atoms with Crippen LogP contribution in [0.5, 0.6) is 0 Å². The summed E-state index contributed by atoms with van der Waals surface area (Å²) >= 11 is 0. The molecular weight excluding hydrogens is 432 g/mol. The predicted molar refractivity (Wildman–Crippen MR) is 119 cm³/mol. The molecule has 2 heterocycles. The molecule has 1 atom stereocenters. The van der Waals surface area contributed by atoms with Crippen molar-refractivity contribution in [3.63, 3.8) is 0 Å². The lowest BCUT2D eigenvalue weighted by molar-refractivity contribution is -0.126. The molecule has 11 heteroatoms. The van der Waals surface area contributed by atoms with Gasteiger partial charge in [0.1, 0.15) is 5.82 Å². The van der Waals surface area contributed by atoms with E-state index in [0.29, 0.717) is 31.9 Å². The molecule has 0 saturated carbocycles. The summed E-state index contributed by atoms with van der Waals surface area (Å²) in [5.41, 5.74) is 5.00. The van der Waals surface area contributed by atoms with Crippen molar-refractivity contribution >= 4 is 27.7 Å². The third-order valence-corrected chi connectivity index (χ3v) is 7.45. The fraction of sp³-hybridized carbons (Fsp3) is 0.429. The van der Waals surface area contributed by atoms with Crippen molar-refractivity contribution < 1.29 is 18.0 Å².